The van der Waals surface area contributed by atoms with E-state index in [-0.39, 0.29) is 0 Å². The van der Waals surface area contributed by atoms with Crippen LogP contribution in [0, 0.1) is 6.92 Å². The van der Waals surface area contributed by atoms with Crippen LogP contribution in [0.5, 0.6) is 0 Å². The smallest absolute Gasteiger partial charge is 0.132 e. The highest BCUT2D eigenvalue weighted by molar-refractivity contribution is 7.15. The average Bonchev–Trinajstić information content (AvgIpc) is 3.28. The zero-order valence-corrected chi connectivity index (χ0v) is 18.8. The number of hydrogen-bond acceptors (Lipinski definition) is 8. The van der Waals surface area contributed by atoms with E-state index >= 15 is 0 Å². The lowest BCUT2D eigenvalue weighted by Crippen LogP contribution is -2.27. The molecular formula is C25H21N7S. The van der Waals surface area contributed by atoms with Crippen molar-refractivity contribution in [2.75, 3.05) is 11.1 Å². The maximum absolute atomic E-state index is 5.93. The van der Waals surface area contributed by atoms with Gasteiger partial charge in [-0.25, -0.2) is 4.98 Å². The number of hydrazone groups is 1. The number of fused-ring (bicyclic) bond motifs is 2. The van der Waals surface area contributed by atoms with Gasteiger partial charge in [0.25, 0.3) is 0 Å². The predicted octanol–water partition coefficient (Wildman–Crippen LogP) is 4.52. The van der Waals surface area contributed by atoms with Crippen molar-refractivity contribution in [3.8, 4) is 21.8 Å². The lowest BCUT2D eigenvalue weighted by Gasteiger charge is -2.25. The van der Waals surface area contributed by atoms with E-state index in [9.17, 15) is 0 Å². The molecule has 162 valence electrons. The first-order chi connectivity index (χ1) is 16.2. The number of nitrogens with one attached hydrogen (secondary N) is 2. The van der Waals surface area contributed by atoms with E-state index < -0.39 is 0 Å². The Morgan fingerprint density at radius 1 is 1.06 bits per heavy atom. The topological polar surface area (TPSA) is 101 Å². The maximum Gasteiger partial charge on any atom is 0.132 e. The molecule has 0 spiro atoms. The molecule has 4 aromatic heterocycles. The summed E-state index contributed by atoms with van der Waals surface area (Å²) in [4.78, 5) is 16.3. The molecule has 4 N–H and O–H groups in total. The number of pyridine rings is 3. The van der Waals surface area contributed by atoms with Crippen LogP contribution in [0.25, 0.3) is 21.8 Å². The molecule has 33 heavy (non-hydrogen) atoms. The predicted molar refractivity (Wildman–Crippen MR) is 133 cm³/mol. The first-order valence-electron chi connectivity index (χ1n) is 10.7. The number of thiophene rings is 1. The molecule has 7 nitrogen and oxygen atoms in total. The largest absolute Gasteiger partial charge is 0.397 e. The average molecular weight is 452 g/mol. The lowest BCUT2D eigenvalue weighted by atomic mass is 9.97. The summed E-state index contributed by atoms with van der Waals surface area (Å²) < 4.78 is 0. The fourth-order valence-corrected chi connectivity index (χ4v) is 5.08. The zero-order valence-electron chi connectivity index (χ0n) is 18.0. The molecule has 0 bridgehead atoms. The number of hydrogen-bond donors (Lipinski definition) is 3. The van der Waals surface area contributed by atoms with Gasteiger partial charge < -0.3 is 16.5 Å². The van der Waals surface area contributed by atoms with Gasteiger partial charge in [-0.15, -0.1) is 11.3 Å². The van der Waals surface area contributed by atoms with E-state index in [4.69, 9.17) is 10.7 Å². The summed E-state index contributed by atoms with van der Waals surface area (Å²) in [5.41, 5.74) is 18.4. The highest BCUT2D eigenvalue weighted by Gasteiger charge is 2.24. The number of aromatic nitrogens is 3. The van der Waals surface area contributed by atoms with E-state index in [0.29, 0.717) is 12.2 Å². The molecule has 0 unspecified atom stereocenters. The number of allylic oxidation sites excluding steroid dienone is 2. The fraction of sp³-hybridized carbons (Fsp3) is 0.120. The minimum absolute atomic E-state index is 0.612. The van der Waals surface area contributed by atoms with Gasteiger partial charge in [0.2, 0.25) is 0 Å². The van der Waals surface area contributed by atoms with E-state index in [1.165, 1.54) is 15.3 Å². The van der Waals surface area contributed by atoms with Crippen molar-refractivity contribution in [1.82, 2.24) is 20.4 Å². The van der Waals surface area contributed by atoms with Crippen molar-refractivity contribution < 1.29 is 0 Å². The molecule has 2 aliphatic rings. The van der Waals surface area contributed by atoms with Crippen molar-refractivity contribution >= 4 is 28.4 Å². The number of anilines is 2. The van der Waals surface area contributed by atoms with Crippen molar-refractivity contribution in [2.24, 2.45) is 5.10 Å². The van der Waals surface area contributed by atoms with E-state index in [1.54, 1.807) is 23.7 Å². The molecule has 2 aliphatic heterocycles. The Hall–Kier alpha value is -4.04. The standard InChI is InChI=1S/C25H21N7S/c1-14-2-7-22(33-14)24-18-4-6-21(30-20(18)8-9-28-24)25-23-15(12-29-32-25)3-5-19(31-23)16-10-17(26)13-27-11-16/h2-3,5-11,13,29-30H,4,12,26H2,1H3. The third-order valence-corrected chi connectivity index (χ3v) is 6.79. The number of nitrogens with zero attached hydrogens (tertiary/aromatic N) is 4. The van der Waals surface area contributed by atoms with E-state index in [2.05, 4.69) is 57.0 Å². The van der Waals surface area contributed by atoms with Gasteiger partial charge in [-0.3, -0.25) is 9.97 Å². The summed E-state index contributed by atoms with van der Waals surface area (Å²) >= 11 is 1.76. The number of rotatable bonds is 3. The minimum atomic E-state index is 0.612. The fourth-order valence-electron chi connectivity index (χ4n) is 4.19. The molecule has 0 aromatic carbocycles. The first-order valence-corrected chi connectivity index (χ1v) is 11.5. The third-order valence-electron chi connectivity index (χ3n) is 5.78. The van der Waals surface area contributed by atoms with Crippen molar-refractivity contribution in [3.63, 3.8) is 0 Å². The van der Waals surface area contributed by atoms with Crippen LogP contribution in [0.3, 0.4) is 0 Å². The van der Waals surface area contributed by atoms with Crippen LogP contribution >= 0.6 is 11.3 Å². The third kappa shape index (κ3) is 3.54. The van der Waals surface area contributed by atoms with Crippen LogP contribution in [0.2, 0.25) is 0 Å². The SMILES string of the molecule is Cc1ccc(-c2nccc3c2CC=C(C2=NNCc4ccc(-c5cncc(N)c5)nc42)N3)s1. The molecule has 0 fully saturated rings. The van der Waals surface area contributed by atoms with Gasteiger partial charge >= 0.3 is 0 Å². The molecule has 0 radical (unpaired) electrons. The van der Waals surface area contributed by atoms with Gasteiger partial charge in [-0.2, -0.15) is 5.10 Å². The summed E-state index contributed by atoms with van der Waals surface area (Å²) in [6.07, 6.45) is 8.20. The van der Waals surface area contributed by atoms with Crippen LogP contribution in [0.4, 0.5) is 11.4 Å². The van der Waals surface area contributed by atoms with Gasteiger partial charge in [0.05, 0.1) is 39.9 Å². The second-order valence-corrected chi connectivity index (χ2v) is 9.34. The van der Waals surface area contributed by atoms with E-state index in [1.807, 2.05) is 24.4 Å². The summed E-state index contributed by atoms with van der Waals surface area (Å²) in [6.45, 7) is 2.75. The Bertz CT molecular complexity index is 1450. The number of aryl methyl sites for hydroxylation is 1. The van der Waals surface area contributed by atoms with Gasteiger partial charge in [0, 0.05) is 45.8 Å². The van der Waals surface area contributed by atoms with Crippen LogP contribution in [-0.2, 0) is 13.0 Å². The van der Waals surface area contributed by atoms with E-state index in [0.717, 1.165) is 51.7 Å². The molecule has 6 rings (SSSR count). The molecule has 0 amide bonds. The highest BCUT2D eigenvalue weighted by Crippen LogP contribution is 2.36. The van der Waals surface area contributed by atoms with Gasteiger partial charge in [0.15, 0.2) is 0 Å². The molecule has 6 heterocycles. The lowest BCUT2D eigenvalue weighted by molar-refractivity contribution is 0.723. The zero-order chi connectivity index (χ0) is 22.4. The summed E-state index contributed by atoms with van der Waals surface area (Å²) in [6, 6.07) is 12.3. The maximum atomic E-state index is 5.93. The Balaban J connectivity index is 1.37. The van der Waals surface area contributed by atoms with Crippen LogP contribution in [0.1, 0.15) is 21.7 Å². The highest BCUT2D eigenvalue weighted by atomic mass is 32.1. The molecule has 4 aromatic rings. The second-order valence-electron chi connectivity index (χ2n) is 8.05. The second kappa shape index (κ2) is 7.83. The molecule has 8 heteroatoms. The quantitative estimate of drug-likeness (QED) is 0.423. The van der Waals surface area contributed by atoms with Gasteiger partial charge in [0.1, 0.15) is 5.71 Å². The summed E-state index contributed by atoms with van der Waals surface area (Å²) in [7, 11) is 0. The molecule has 0 saturated heterocycles. The Kier molecular flexibility index (Phi) is 4.66. The Labute approximate surface area is 195 Å². The summed E-state index contributed by atoms with van der Waals surface area (Å²) in [5.74, 6) is 0. The normalized spacial score (nSPS) is 14.3. The monoisotopic (exact) mass is 451 g/mol. The van der Waals surface area contributed by atoms with Crippen LogP contribution in [0.15, 0.2) is 71.9 Å². The van der Waals surface area contributed by atoms with Crippen LogP contribution in [-0.4, -0.2) is 20.7 Å². The Morgan fingerprint density at radius 2 is 2.00 bits per heavy atom. The number of nitrogen functional groups attached to an aromatic ring is 1. The van der Waals surface area contributed by atoms with Gasteiger partial charge in [-0.1, -0.05) is 12.1 Å². The molecule has 0 saturated carbocycles. The van der Waals surface area contributed by atoms with Crippen molar-refractivity contribution in [3.05, 3.63) is 88.5 Å². The Morgan fingerprint density at radius 3 is 2.85 bits per heavy atom. The number of nitrogens with two attached hydrogens (primary N) is 1. The summed E-state index contributed by atoms with van der Waals surface area (Å²) in [5, 5.41) is 8.20. The van der Waals surface area contributed by atoms with Crippen molar-refractivity contribution in [2.45, 2.75) is 19.9 Å². The molecular weight excluding hydrogens is 430 g/mol. The van der Waals surface area contributed by atoms with Crippen molar-refractivity contribution in [1.29, 1.82) is 0 Å². The molecule has 0 atom stereocenters. The minimum Gasteiger partial charge on any atom is -0.397 e. The van der Waals surface area contributed by atoms with Crippen LogP contribution < -0.4 is 16.5 Å². The first kappa shape index (κ1) is 19.6. The molecule has 0 aliphatic carbocycles. The van der Waals surface area contributed by atoms with Gasteiger partial charge in [-0.05, 0) is 43.7 Å².